The standard InChI is InChI=1S/C16H20BrNO3/c1-2-21-16(20)13-6-4-8-18(11-13)15(19)10-12-5-3-7-14(17)9-12/h3,5,7,9,13H,2,4,6,8,10-11H2,1H3/t13-/m1/s1. The van der Waals surface area contributed by atoms with Crippen LogP contribution in [0.2, 0.25) is 0 Å². The predicted octanol–water partition coefficient (Wildman–Crippen LogP) is 2.79. The minimum Gasteiger partial charge on any atom is -0.466 e. The van der Waals surface area contributed by atoms with E-state index in [2.05, 4.69) is 15.9 Å². The summed E-state index contributed by atoms with van der Waals surface area (Å²) in [5.41, 5.74) is 0.979. The molecule has 0 aromatic heterocycles. The van der Waals surface area contributed by atoms with Crippen LogP contribution in [0.25, 0.3) is 0 Å². The number of amides is 1. The molecular formula is C16H20BrNO3. The number of rotatable bonds is 4. The third kappa shape index (κ3) is 4.56. The van der Waals surface area contributed by atoms with E-state index < -0.39 is 0 Å². The molecule has 0 bridgehead atoms. The third-order valence-electron chi connectivity index (χ3n) is 3.64. The second-order valence-corrected chi connectivity index (χ2v) is 6.15. The van der Waals surface area contributed by atoms with Crippen molar-refractivity contribution in [1.82, 2.24) is 4.90 Å². The summed E-state index contributed by atoms with van der Waals surface area (Å²) in [6, 6.07) is 7.75. The molecule has 1 atom stereocenters. The maximum atomic E-state index is 12.4. The molecular weight excluding hydrogens is 334 g/mol. The summed E-state index contributed by atoms with van der Waals surface area (Å²) in [5, 5.41) is 0. The summed E-state index contributed by atoms with van der Waals surface area (Å²) in [7, 11) is 0. The molecule has 0 N–H and O–H groups in total. The highest BCUT2D eigenvalue weighted by Gasteiger charge is 2.29. The zero-order valence-corrected chi connectivity index (χ0v) is 13.8. The fraction of sp³-hybridized carbons (Fsp3) is 0.500. The van der Waals surface area contributed by atoms with Gasteiger partial charge in [0.05, 0.1) is 18.9 Å². The van der Waals surface area contributed by atoms with Crippen LogP contribution >= 0.6 is 15.9 Å². The maximum Gasteiger partial charge on any atom is 0.310 e. The second-order valence-electron chi connectivity index (χ2n) is 5.24. The number of likely N-dealkylation sites (tertiary alicyclic amines) is 1. The van der Waals surface area contributed by atoms with Crippen molar-refractivity contribution in [3.8, 4) is 0 Å². The Morgan fingerprint density at radius 1 is 1.43 bits per heavy atom. The third-order valence-corrected chi connectivity index (χ3v) is 4.13. The SMILES string of the molecule is CCOC(=O)[C@@H]1CCCN(C(=O)Cc2cccc(Br)c2)C1. The average Bonchev–Trinajstić information content (AvgIpc) is 2.47. The molecule has 1 aromatic rings. The van der Waals surface area contributed by atoms with Gasteiger partial charge < -0.3 is 9.64 Å². The van der Waals surface area contributed by atoms with Gasteiger partial charge >= 0.3 is 5.97 Å². The number of carbonyl (C=O) groups excluding carboxylic acids is 2. The van der Waals surface area contributed by atoms with E-state index in [-0.39, 0.29) is 17.8 Å². The van der Waals surface area contributed by atoms with Crippen LogP contribution < -0.4 is 0 Å². The lowest BCUT2D eigenvalue weighted by atomic mass is 9.97. The first kappa shape index (κ1) is 16.0. The lowest BCUT2D eigenvalue weighted by molar-refractivity contribution is -0.151. The van der Waals surface area contributed by atoms with Gasteiger partial charge in [0, 0.05) is 17.6 Å². The molecule has 1 saturated heterocycles. The zero-order chi connectivity index (χ0) is 15.2. The van der Waals surface area contributed by atoms with Crippen molar-refractivity contribution in [3.63, 3.8) is 0 Å². The van der Waals surface area contributed by atoms with Gasteiger partial charge in [0.15, 0.2) is 0 Å². The highest BCUT2D eigenvalue weighted by molar-refractivity contribution is 9.10. The van der Waals surface area contributed by atoms with Crippen molar-refractivity contribution in [2.75, 3.05) is 19.7 Å². The quantitative estimate of drug-likeness (QED) is 0.782. The Morgan fingerprint density at radius 3 is 2.95 bits per heavy atom. The van der Waals surface area contributed by atoms with Crippen LogP contribution in [0.4, 0.5) is 0 Å². The number of esters is 1. The second kappa shape index (κ2) is 7.59. The fourth-order valence-corrected chi connectivity index (χ4v) is 3.04. The molecule has 2 rings (SSSR count). The summed E-state index contributed by atoms with van der Waals surface area (Å²) in [6.45, 7) is 3.40. The fourth-order valence-electron chi connectivity index (χ4n) is 2.59. The topological polar surface area (TPSA) is 46.6 Å². The van der Waals surface area contributed by atoms with Gasteiger partial charge in [-0.2, -0.15) is 0 Å². The highest BCUT2D eigenvalue weighted by Crippen LogP contribution is 2.19. The Kier molecular flexibility index (Phi) is 5.79. The molecule has 114 valence electrons. The van der Waals surface area contributed by atoms with Gasteiger partial charge in [-0.05, 0) is 37.5 Å². The maximum absolute atomic E-state index is 12.4. The van der Waals surface area contributed by atoms with Crippen LogP contribution in [-0.4, -0.2) is 36.5 Å². The largest absolute Gasteiger partial charge is 0.466 e. The summed E-state index contributed by atoms with van der Waals surface area (Å²) < 4.78 is 6.03. The normalized spacial score (nSPS) is 18.4. The molecule has 21 heavy (non-hydrogen) atoms. The van der Waals surface area contributed by atoms with Gasteiger partial charge in [-0.15, -0.1) is 0 Å². The van der Waals surface area contributed by atoms with Crippen LogP contribution in [0, 0.1) is 5.92 Å². The first-order valence-corrected chi connectivity index (χ1v) is 8.08. The summed E-state index contributed by atoms with van der Waals surface area (Å²) in [4.78, 5) is 25.9. The molecule has 1 amide bonds. The number of nitrogens with zero attached hydrogens (tertiary/aromatic N) is 1. The summed E-state index contributed by atoms with van der Waals surface area (Å²) in [5.74, 6) is -0.287. The Morgan fingerprint density at radius 2 is 2.24 bits per heavy atom. The van der Waals surface area contributed by atoms with Crippen LogP contribution in [0.1, 0.15) is 25.3 Å². The molecule has 0 saturated carbocycles. The zero-order valence-electron chi connectivity index (χ0n) is 12.2. The van der Waals surface area contributed by atoms with Crippen LogP contribution in [-0.2, 0) is 20.7 Å². The molecule has 5 heteroatoms. The van der Waals surface area contributed by atoms with Gasteiger partial charge in [-0.25, -0.2) is 0 Å². The number of hydrogen-bond acceptors (Lipinski definition) is 3. The van der Waals surface area contributed by atoms with Crippen molar-refractivity contribution >= 4 is 27.8 Å². The number of benzene rings is 1. The molecule has 1 fully saturated rings. The summed E-state index contributed by atoms with van der Waals surface area (Å²) in [6.07, 6.45) is 2.03. The van der Waals surface area contributed by atoms with Crippen molar-refractivity contribution in [2.45, 2.75) is 26.2 Å². The Labute approximate surface area is 133 Å². The van der Waals surface area contributed by atoms with E-state index in [4.69, 9.17) is 4.74 Å². The van der Waals surface area contributed by atoms with E-state index in [0.717, 1.165) is 29.4 Å². The van der Waals surface area contributed by atoms with E-state index in [9.17, 15) is 9.59 Å². The number of ether oxygens (including phenoxy) is 1. The average molecular weight is 354 g/mol. The van der Waals surface area contributed by atoms with Crippen LogP contribution in [0.15, 0.2) is 28.7 Å². The van der Waals surface area contributed by atoms with Crippen molar-refractivity contribution < 1.29 is 14.3 Å². The Balaban J connectivity index is 1.94. The first-order valence-electron chi connectivity index (χ1n) is 7.29. The van der Waals surface area contributed by atoms with Gasteiger partial charge in [0.2, 0.25) is 5.91 Å². The molecule has 1 aliphatic heterocycles. The monoisotopic (exact) mass is 353 g/mol. The minimum absolute atomic E-state index is 0.0714. The molecule has 1 aromatic carbocycles. The van der Waals surface area contributed by atoms with Crippen LogP contribution in [0.3, 0.4) is 0 Å². The molecule has 0 radical (unpaired) electrons. The molecule has 1 heterocycles. The molecule has 0 spiro atoms. The highest BCUT2D eigenvalue weighted by atomic mass is 79.9. The van der Waals surface area contributed by atoms with Gasteiger partial charge in [0.1, 0.15) is 0 Å². The molecule has 4 nitrogen and oxygen atoms in total. The van der Waals surface area contributed by atoms with E-state index in [1.54, 1.807) is 11.8 Å². The molecule has 0 unspecified atom stereocenters. The summed E-state index contributed by atoms with van der Waals surface area (Å²) >= 11 is 3.41. The van der Waals surface area contributed by atoms with Crippen molar-refractivity contribution in [3.05, 3.63) is 34.3 Å². The predicted molar refractivity (Wildman–Crippen MR) is 83.8 cm³/mol. The van der Waals surface area contributed by atoms with Crippen molar-refractivity contribution in [2.24, 2.45) is 5.92 Å². The van der Waals surface area contributed by atoms with E-state index in [0.29, 0.717) is 19.6 Å². The minimum atomic E-state index is -0.183. The van der Waals surface area contributed by atoms with Gasteiger partial charge in [-0.1, -0.05) is 28.1 Å². The van der Waals surface area contributed by atoms with Crippen molar-refractivity contribution in [1.29, 1.82) is 0 Å². The van der Waals surface area contributed by atoms with Crippen LogP contribution in [0.5, 0.6) is 0 Å². The first-order chi connectivity index (χ1) is 10.1. The number of carbonyl (C=O) groups is 2. The Bertz CT molecular complexity index is 518. The molecule has 1 aliphatic rings. The van der Waals surface area contributed by atoms with E-state index >= 15 is 0 Å². The van der Waals surface area contributed by atoms with E-state index in [1.807, 2.05) is 24.3 Å². The lowest BCUT2D eigenvalue weighted by Crippen LogP contribution is -2.43. The smallest absolute Gasteiger partial charge is 0.310 e. The van der Waals surface area contributed by atoms with Gasteiger partial charge in [-0.3, -0.25) is 9.59 Å². The van der Waals surface area contributed by atoms with Gasteiger partial charge in [0.25, 0.3) is 0 Å². The number of hydrogen-bond donors (Lipinski definition) is 0. The number of piperidine rings is 1. The number of halogens is 1. The lowest BCUT2D eigenvalue weighted by Gasteiger charge is -2.31. The Hall–Kier alpha value is -1.36. The molecule has 0 aliphatic carbocycles. The van der Waals surface area contributed by atoms with E-state index in [1.165, 1.54) is 0 Å².